The molecule has 3 heteroatoms. The molecule has 0 aliphatic heterocycles. The molecule has 0 aliphatic rings. The first-order valence-corrected chi connectivity index (χ1v) is 8.82. The van der Waals surface area contributed by atoms with Crippen LogP contribution in [-0.4, -0.2) is 5.75 Å². The maximum Gasteiger partial charge on any atom is 0.0371 e. The van der Waals surface area contributed by atoms with Crippen molar-refractivity contribution in [2.45, 2.75) is 40.5 Å². The summed E-state index contributed by atoms with van der Waals surface area (Å²) in [7, 11) is 0. The lowest BCUT2D eigenvalue weighted by atomic mass is 10.2. The van der Waals surface area contributed by atoms with Crippen LogP contribution in [0.1, 0.15) is 40.5 Å². The Balaban J connectivity index is 3.91. The molecule has 0 aromatic rings. The monoisotopic (exact) mass is 300 g/mol. The first kappa shape index (κ1) is 18.0. The number of thioether (sulfide) groups is 3. The number of rotatable bonds is 9. The van der Waals surface area contributed by atoms with Crippen LogP contribution in [0.25, 0.3) is 0 Å². The van der Waals surface area contributed by atoms with Gasteiger partial charge < -0.3 is 0 Å². The van der Waals surface area contributed by atoms with Crippen molar-refractivity contribution in [2.75, 3.05) is 5.75 Å². The average Bonchev–Trinajstić information content (AvgIpc) is 2.31. The van der Waals surface area contributed by atoms with Crippen LogP contribution in [-0.2, 0) is 0 Å². The van der Waals surface area contributed by atoms with Gasteiger partial charge in [0.2, 0.25) is 0 Å². The summed E-state index contributed by atoms with van der Waals surface area (Å²) >= 11 is 5.29. The van der Waals surface area contributed by atoms with E-state index in [4.69, 9.17) is 0 Å². The second-order valence-corrected chi connectivity index (χ2v) is 7.87. The molecular formula is C15H24S3. The summed E-state index contributed by atoms with van der Waals surface area (Å²) in [6.45, 7) is 16.6. The quantitative estimate of drug-likeness (QED) is 0.459. The lowest BCUT2D eigenvalue weighted by molar-refractivity contribution is 0.974. The first-order chi connectivity index (χ1) is 8.45. The molecule has 0 aliphatic carbocycles. The molecule has 0 saturated heterocycles. The van der Waals surface area contributed by atoms with Gasteiger partial charge in [-0.05, 0) is 55.1 Å². The Morgan fingerprint density at radius 1 is 1.00 bits per heavy atom. The van der Waals surface area contributed by atoms with Crippen LogP contribution in [0.4, 0.5) is 0 Å². The maximum atomic E-state index is 4.09. The number of allylic oxidation sites excluding steroid dienone is 3. The zero-order valence-corrected chi connectivity index (χ0v) is 14.4. The summed E-state index contributed by atoms with van der Waals surface area (Å²) in [5.41, 5.74) is 2.73. The Morgan fingerprint density at radius 3 is 2.22 bits per heavy atom. The van der Waals surface area contributed by atoms with Gasteiger partial charge in [-0.25, -0.2) is 0 Å². The van der Waals surface area contributed by atoms with Gasteiger partial charge in [-0.15, -0.1) is 23.5 Å². The van der Waals surface area contributed by atoms with Gasteiger partial charge in [-0.2, -0.15) is 0 Å². The molecule has 0 saturated carbocycles. The van der Waals surface area contributed by atoms with E-state index in [9.17, 15) is 0 Å². The van der Waals surface area contributed by atoms with Crippen LogP contribution in [0.2, 0.25) is 0 Å². The summed E-state index contributed by atoms with van der Waals surface area (Å²) in [6, 6.07) is 0. The molecule has 0 spiro atoms. The summed E-state index contributed by atoms with van der Waals surface area (Å²) in [5.74, 6) is 1.09. The van der Waals surface area contributed by atoms with Crippen molar-refractivity contribution < 1.29 is 0 Å². The third-order valence-corrected chi connectivity index (χ3v) is 5.12. The number of hydrogen-bond acceptors (Lipinski definition) is 3. The maximum absolute atomic E-state index is 4.09. The Labute approximate surface area is 125 Å². The summed E-state index contributed by atoms with van der Waals surface area (Å²) in [6.07, 6.45) is 2.13. The van der Waals surface area contributed by atoms with E-state index in [2.05, 4.69) is 51.7 Å². The highest BCUT2D eigenvalue weighted by atomic mass is 32.2. The predicted molar refractivity (Wildman–Crippen MR) is 94.0 cm³/mol. The van der Waals surface area contributed by atoms with E-state index in [1.807, 2.05) is 0 Å². The van der Waals surface area contributed by atoms with Crippen molar-refractivity contribution in [3.05, 3.63) is 44.3 Å². The third-order valence-electron chi connectivity index (χ3n) is 1.96. The average molecular weight is 301 g/mol. The molecule has 0 rings (SSSR count). The standard InChI is InChI=1S/C15H24S3/c1-7-16-15(6)18-11-13(4)8-9-14(5)17-10-12(2)3/h10-11H,5-9H2,1-4H3/b13-11+. The topological polar surface area (TPSA) is 0 Å². The zero-order chi connectivity index (χ0) is 14.0. The van der Waals surface area contributed by atoms with Crippen LogP contribution in [0, 0.1) is 0 Å². The smallest absolute Gasteiger partial charge is 0.0371 e. The van der Waals surface area contributed by atoms with Gasteiger partial charge in [0.15, 0.2) is 0 Å². The van der Waals surface area contributed by atoms with Crippen molar-refractivity contribution in [3.63, 3.8) is 0 Å². The third kappa shape index (κ3) is 11.1. The lowest BCUT2D eigenvalue weighted by Gasteiger charge is -2.04. The van der Waals surface area contributed by atoms with Crippen molar-refractivity contribution in [2.24, 2.45) is 0 Å². The Kier molecular flexibility index (Phi) is 10.9. The first-order valence-electron chi connectivity index (χ1n) is 6.07. The Bertz CT molecular complexity index is 334. The fraction of sp³-hybridized carbons (Fsp3) is 0.467. The summed E-state index contributed by atoms with van der Waals surface area (Å²) in [5, 5.41) is 4.37. The van der Waals surface area contributed by atoms with Gasteiger partial charge in [0.1, 0.15) is 0 Å². The van der Waals surface area contributed by atoms with Crippen LogP contribution >= 0.6 is 35.3 Å². The fourth-order valence-corrected chi connectivity index (χ4v) is 3.18. The molecule has 18 heavy (non-hydrogen) atoms. The van der Waals surface area contributed by atoms with Crippen molar-refractivity contribution in [1.29, 1.82) is 0 Å². The molecule has 0 heterocycles. The molecule has 0 aromatic carbocycles. The van der Waals surface area contributed by atoms with Gasteiger partial charge in [-0.3, -0.25) is 0 Å². The van der Waals surface area contributed by atoms with Crippen LogP contribution < -0.4 is 0 Å². The van der Waals surface area contributed by atoms with Gasteiger partial charge >= 0.3 is 0 Å². The second kappa shape index (κ2) is 10.9. The van der Waals surface area contributed by atoms with E-state index in [-0.39, 0.29) is 0 Å². The molecule has 0 amide bonds. The Hall–Kier alpha value is 0.01000. The van der Waals surface area contributed by atoms with E-state index in [1.165, 1.54) is 20.3 Å². The largest absolute Gasteiger partial charge is 0.120 e. The van der Waals surface area contributed by atoms with Gasteiger partial charge in [0, 0.05) is 4.24 Å². The molecule has 0 aromatic heterocycles. The highest BCUT2D eigenvalue weighted by Crippen LogP contribution is 2.29. The molecule has 0 bridgehead atoms. The minimum absolute atomic E-state index is 1.05. The van der Waals surface area contributed by atoms with Crippen LogP contribution in [0.15, 0.2) is 44.3 Å². The fourth-order valence-electron chi connectivity index (χ4n) is 1.02. The number of hydrogen-bond donors (Lipinski definition) is 0. The predicted octanol–water partition coefficient (Wildman–Crippen LogP) is 6.80. The summed E-state index contributed by atoms with van der Waals surface area (Å²) < 4.78 is 1.18. The van der Waals surface area contributed by atoms with E-state index in [0.717, 1.165) is 18.6 Å². The van der Waals surface area contributed by atoms with Gasteiger partial charge in [0.05, 0.1) is 0 Å². The Morgan fingerprint density at radius 2 is 1.67 bits per heavy atom. The van der Waals surface area contributed by atoms with Crippen LogP contribution in [0.3, 0.4) is 0 Å². The lowest BCUT2D eigenvalue weighted by Crippen LogP contribution is -1.79. The molecule has 102 valence electrons. The minimum atomic E-state index is 1.05. The molecule has 0 fully saturated rings. The van der Waals surface area contributed by atoms with Gasteiger partial charge in [0.25, 0.3) is 0 Å². The van der Waals surface area contributed by atoms with Crippen LogP contribution in [0.5, 0.6) is 0 Å². The van der Waals surface area contributed by atoms with E-state index in [1.54, 1.807) is 35.3 Å². The molecule has 0 N–H and O–H groups in total. The highest BCUT2D eigenvalue weighted by molar-refractivity contribution is 8.23. The molecule has 0 unspecified atom stereocenters. The highest BCUT2D eigenvalue weighted by Gasteiger charge is 1.97. The molecule has 0 atom stereocenters. The minimum Gasteiger partial charge on any atom is -0.120 e. The normalized spacial score (nSPS) is 11.2. The SMILES string of the molecule is C=C(CC/C(C)=C/SC(=C)SCC)SC=C(C)C. The van der Waals surface area contributed by atoms with E-state index >= 15 is 0 Å². The van der Waals surface area contributed by atoms with Crippen molar-refractivity contribution >= 4 is 35.3 Å². The van der Waals surface area contributed by atoms with Gasteiger partial charge in [-0.1, -0.05) is 43.0 Å². The molecule has 0 radical (unpaired) electrons. The zero-order valence-electron chi connectivity index (χ0n) is 11.9. The molecular weight excluding hydrogens is 276 g/mol. The van der Waals surface area contributed by atoms with E-state index in [0.29, 0.717) is 0 Å². The summed E-state index contributed by atoms with van der Waals surface area (Å²) in [4.78, 5) is 1.23. The van der Waals surface area contributed by atoms with E-state index < -0.39 is 0 Å². The van der Waals surface area contributed by atoms with Crippen molar-refractivity contribution in [3.8, 4) is 0 Å². The molecule has 0 nitrogen and oxygen atoms in total. The van der Waals surface area contributed by atoms with Crippen molar-refractivity contribution in [1.82, 2.24) is 0 Å². The second-order valence-electron chi connectivity index (χ2n) is 4.24.